The van der Waals surface area contributed by atoms with Gasteiger partial charge in [-0.05, 0) is 31.5 Å². The van der Waals surface area contributed by atoms with Crippen molar-refractivity contribution in [2.75, 3.05) is 18.9 Å². The molecule has 1 aromatic carbocycles. The molecule has 1 saturated heterocycles. The molecule has 16 heavy (non-hydrogen) atoms. The van der Waals surface area contributed by atoms with Gasteiger partial charge in [0.05, 0.1) is 5.69 Å². The summed E-state index contributed by atoms with van der Waals surface area (Å²) in [4.78, 5) is 0. The first-order valence-electron chi connectivity index (χ1n) is 5.46. The molecule has 1 atom stereocenters. The van der Waals surface area contributed by atoms with Crippen LogP contribution in [0.5, 0.6) is 5.75 Å². The van der Waals surface area contributed by atoms with E-state index in [1.165, 1.54) is 6.42 Å². The van der Waals surface area contributed by atoms with Gasteiger partial charge in [-0.1, -0.05) is 6.07 Å². The molecule has 1 heterocycles. The van der Waals surface area contributed by atoms with Crippen LogP contribution in [0.2, 0.25) is 0 Å². The van der Waals surface area contributed by atoms with E-state index in [0.717, 1.165) is 13.0 Å². The van der Waals surface area contributed by atoms with Gasteiger partial charge in [-0.3, -0.25) is 0 Å². The number of nitriles is 1. The number of nitrogens with two attached hydrogens (primary N) is 1. The van der Waals surface area contributed by atoms with E-state index in [1.54, 1.807) is 18.2 Å². The molecule has 1 fully saturated rings. The van der Waals surface area contributed by atoms with Crippen LogP contribution in [0.15, 0.2) is 18.2 Å². The number of nitrogens with one attached hydrogen (secondary N) is 1. The number of hydrogen-bond acceptors (Lipinski definition) is 4. The van der Waals surface area contributed by atoms with E-state index >= 15 is 0 Å². The highest BCUT2D eigenvalue weighted by Crippen LogP contribution is 2.23. The van der Waals surface area contributed by atoms with Crippen LogP contribution >= 0.6 is 0 Å². The summed E-state index contributed by atoms with van der Waals surface area (Å²) < 4.78 is 5.63. The number of ether oxygens (including phenoxy) is 1. The van der Waals surface area contributed by atoms with Gasteiger partial charge in [-0.25, -0.2) is 0 Å². The Bertz CT molecular complexity index is 405. The summed E-state index contributed by atoms with van der Waals surface area (Å²) in [5.74, 6) is 0.580. The maximum Gasteiger partial charge on any atom is 0.139 e. The van der Waals surface area contributed by atoms with Crippen molar-refractivity contribution in [3.05, 3.63) is 23.8 Å². The lowest BCUT2D eigenvalue weighted by atomic mass is 10.2. The summed E-state index contributed by atoms with van der Waals surface area (Å²) in [7, 11) is 0. The summed E-state index contributed by atoms with van der Waals surface area (Å²) >= 11 is 0. The fourth-order valence-corrected chi connectivity index (χ4v) is 1.88. The molecule has 0 aliphatic carbocycles. The molecular weight excluding hydrogens is 202 g/mol. The summed E-state index contributed by atoms with van der Waals surface area (Å²) in [6.45, 7) is 1.65. The molecule has 4 heteroatoms. The minimum atomic E-state index is 0.396. The highest BCUT2D eigenvalue weighted by atomic mass is 16.5. The number of nitrogens with zero attached hydrogens (tertiary/aromatic N) is 1. The van der Waals surface area contributed by atoms with Crippen LogP contribution < -0.4 is 15.8 Å². The second-order valence-electron chi connectivity index (χ2n) is 3.94. The fraction of sp³-hybridized carbons (Fsp3) is 0.417. The van der Waals surface area contributed by atoms with E-state index in [0.29, 0.717) is 29.6 Å². The topological polar surface area (TPSA) is 71.1 Å². The highest BCUT2D eigenvalue weighted by molar-refractivity contribution is 5.60. The van der Waals surface area contributed by atoms with Crippen molar-refractivity contribution in [1.82, 2.24) is 5.32 Å². The van der Waals surface area contributed by atoms with Gasteiger partial charge in [0.25, 0.3) is 0 Å². The molecule has 4 nitrogen and oxygen atoms in total. The Morgan fingerprint density at radius 1 is 1.56 bits per heavy atom. The van der Waals surface area contributed by atoms with Crippen molar-refractivity contribution in [3.63, 3.8) is 0 Å². The standard InChI is InChI=1S/C12H15N3O/c13-7-10-11(14)4-1-5-12(10)16-8-9-3-2-6-15-9/h1,4-5,9,15H,2-3,6,8,14H2. The maximum atomic E-state index is 8.97. The van der Waals surface area contributed by atoms with Gasteiger partial charge in [0.1, 0.15) is 24.0 Å². The van der Waals surface area contributed by atoms with Crippen LogP contribution in [0.4, 0.5) is 5.69 Å². The molecule has 1 aliphatic rings. The molecule has 2 rings (SSSR count). The second kappa shape index (κ2) is 4.86. The molecule has 1 aliphatic heterocycles. The summed E-state index contributed by atoms with van der Waals surface area (Å²) in [5.41, 5.74) is 6.60. The van der Waals surface area contributed by atoms with Crippen LogP contribution in [0.1, 0.15) is 18.4 Å². The molecular formula is C12H15N3O. The Morgan fingerprint density at radius 3 is 3.12 bits per heavy atom. The normalized spacial score (nSPS) is 19.3. The van der Waals surface area contributed by atoms with E-state index in [-0.39, 0.29) is 0 Å². The zero-order chi connectivity index (χ0) is 11.4. The Kier molecular flexibility index (Phi) is 3.28. The van der Waals surface area contributed by atoms with Crippen molar-refractivity contribution in [3.8, 4) is 11.8 Å². The third-order valence-corrected chi connectivity index (χ3v) is 2.77. The van der Waals surface area contributed by atoms with Crippen LogP contribution in [-0.2, 0) is 0 Å². The maximum absolute atomic E-state index is 8.97. The molecule has 1 aromatic rings. The number of hydrogen-bond donors (Lipinski definition) is 2. The van der Waals surface area contributed by atoms with E-state index in [9.17, 15) is 0 Å². The van der Waals surface area contributed by atoms with Crippen LogP contribution in [0, 0.1) is 11.3 Å². The zero-order valence-electron chi connectivity index (χ0n) is 9.07. The minimum absolute atomic E-state index is 0.396. The van der Waals surface area contributed by atoms with E-state index in [2.05, 4.69) is 11.4 Å². The Balaban J connectivity index is 2.03. The lowest BCUT2D eigenvalue weighted by Crippen LogP contribution is -2.28. The smallest absolute Gasteiger partial charge is 0.139 e. The number of nitrogen functional groups attached to an aromatic ring is 1. The van der Waals surface area contributed by atoms with Crippen molar-refractivity contribution in [2.45, 2.75) is 18.9 Å². The Labute approximate surface area is 95.0 Å². The van der Waals surface area contributed by atoms with Crippen molar-refractivity contribution < 1.29 is 4.74 Å². The molecule has 0 amide bonds. The Morgan fingerprint density at radius 2 is 2.44 bits per heavy atom. The summed E-state index contributed by atoms with van der Waals surface area (Å²) in [5, 5.41) is 12.3. The largest absolute Gasteiger partial charge is 0.490 e. The van der Waals surface area contributed by atoms with Gasteiger partial charge in [-0.15, -0.1) is 0 Å². The van der Waals surface area contributed by atoms with E-state index in [4.69, 9.17) is 15.7 Å². The SMILES string of the molecule is N#Cc1c(N)cccc1OCC1CCCN1. The molecule has 3 N–H and O–H groups in total. The monoisotopic (exact) mass is 217 g/mol. The van der Waals surface area contributed by atoms with Gasteiger partial charge in [0.2, 0.25) is 0 Å². The highest BCUT2D eigenvalue weighted by Gasteiger charge is 2.15. The molecule has 0 bridgehead atoms. The molecule has 0 spiro atoms. The summed E-state index contributed by atoms with van der Waals surface area (Å²) in [6, 6.07) is 7.75. The van der Waals surface area contributed by atoms with Crippen LogP contribution in [-0.4, -0.2) is 19.2 Å². The predicted molar refractivity (Wildman–Crippen MR) is 62.1 cm³/mol. The van der Waals surface area contributed by atoms with E-state index < -0.39 is 0 Å². The van der Waals surface area contributed by atoms with Gasteiger partial charge in [0.15, 0.2) is 0 Å². The first-order valence-corrected chi connectivity index (χ1v) is 5.46. The molecule has 0 saturated carbocycles. The predicted octanol–water partition coefficient (Wildman–Crippen LogP) is 1.27. The minimum Gasteiger partial charge on any atom is -0.490 e. The molecule has 1 unspecified atom stereocenters. The number of benzene rings is 1. The molecule has 0 aromatic heterocycles. The molecule has 0 radical (unpaired) electrons. The van der Waals surface area contributed by atoms with Gasteiger partial charge < -0.3 is 15.8 Å². The van der Waals surface area contributed by atoms with Crippen LogP contribution in [0.3, 0.4) is 0 Å². The Hall–Kier alpha value is -1.73. The lowest BCUT2D eigenvalue weighted by molar-refractivity contribution is 0.276. The number of rotatable bonds is 3. The number of anilines is 1. The zero-order valence-corrected chi connectivity index (χ0v) is 9.07. The molecule has 84 valence electrons. The lowest BCUT2D eigenvalue weighted by Gasteiger charge is -2.13. The van der Waals surface area contributed by atoms with E-state index in [1.807, 2.05) is 0 Å². The first kappa shape index (κ1) is 10.8. The van der Waals surface area contributed by atoms with Crippen molar-refractivity contribution in [1.29, 1.82) is 5.26 Å². The second-order valence-corrected chi connectivity index (χ2v) is 3.94. The van der Waals surface area contributed by atoms with Gasteiger partial charge >= 0.3 is 0 Å². The first-order chi connectivity index (χ1) is 7.81. The third kappa shape index (κ3) is 2.26. The van der Waals surface area contributed by atoms with Crippen molar-refractivity contribution >= 4 is 5.69 Å². The van der Waals surface area contributed by atoms with Gasteiger partial charge in [0, 0.05) is 6.04 Å². The quantitative estimate of drug-likeness (QED) is 0.748. The summed E-state index contributed by atoms with van der Waals surface area (Å²) in [6.07, 6.45) is 2.32. The van der Waals surface area contributed by atoms with Gasteiger partial charge in [-0.2, -0.15) is 5.26 Å². The fourth-order valence-electron chi connectivity index (χ4n) is 1.88. The van der Waals surface area contributed by atoms with Crippen LogP contribution in [0.25, 0.3) is 0 Å². The average molecular weight is 217 g/mol. The average Bonchev–Trinajstić information content (AvgIpc) is 2.79. The third-order valence-electron chi connectivity index (χ3n) is 2.77. The van der Waals surface area contributed by atoms with Crippen molar-refractivity contribution in [2.24, 2.45) is 0 Å².